The molecule has 0 N–H and O–H groups in total. The van der Waals surface area contributed by atoms with Gasteiger partial charge in [-0.15, -0.1) is 10.2 Å². The van der Waals surface area contributed by atoms with Gasteiger partial charge in [-0.3, -0.25) is 4.40 Å². The van der Waals surface area contributed by atoms with Crippen LogP contribution in [0.1, 0.15) is 0 Å². The predicted octanol–water partition coefficient (Wildman–Crippen LogP) is 2.53. The molecule has 0 aliphatic carbocycles. The average Bonchev–Trinajstić information content (AvgIpc) is 2.89. The Kier molecular flexibility index (Phi) is 2.57. The van der Waals surface area contributed by atoms with Gasteiger partial charge in [-0.1, -0.05) is 18.2 Å². The summed E-state index contributed by atoms with van der Waals surface area (Å²) >= 11 is 0. The summed E-state index contributed by atoms with van der Waals surface area (Å²) in [5, 5.41) is 7.81. The molecule has 0 bridgehead atoms. The number of pyridine rings is 1. The molecule has 0 atom stereocenters. The Bertz CT molecular complexity index is 679. The van der Waals surface area contributed by atoms with Gasteiger partial charge in [0.15, 0.2) is 17.1 Å². The van der Waals surface area contributed by atoms with Gasteiger partial charge in [-0.2, -0.15) is 0 Å². The molecule has 0 aliphatic heterocycles. The monoisotopic (exact) mass is 241 g/mol. The summed E-state index contributed by atoms with van der Waals surface area (Å²) < 4.78 is 12.8. The standard InChI is InChI=1S/C13H11N3O2/c1-17-10-5-2-3-6-11(10)18-13-8-4-7-12-15-14-9-16(12)13/h2-9H,1H3. The quantitative estimate of drug-likeness (QED) is 0.707. The van der Waals surface area contributed by atoms with Crippen LogP contribution in [0, 0.1) is 0 Å². The van der Waals surface area contributed by atoms with E-state index < -0.39 is 0 Å². The third-order valence-corrected chi connectivity index (χ3v) is 2.58. The number of benzene rings is 1. The largest absolute Gasteiger partial charge is 0.493 e. The number of fused-ring (bicyclic) bond motifs is 1. The summed E-state index contributed by atoms with van der Waals surface area (Å²) in [4.78, 5) is 0. The maximum absolute atomic E-state index is 5.83. The zero-order chi connectivity index (χ0) is 12.4. The van der Waals surface area contributed by atoms with Crippen LogP contribution in [0.2, 0.25) is 0 Å². The molecule has 2 heterocycles. The third kappa shape index (κ3) is 1.75. The van der Waals surface area contributed by atoms with Crippen LogP contribution >= 0.6 is 0 Å². The number of rotatable bonds is 3. The lowest BCUT2D eigenvalue weighted by Gasteiger charge is -2.10. The fourth-order valence-corrected chi connectivity index (χ4v) is 1.72. The Morgan fingerprint density at radius 3 is 2.67 bits per heavy atom. The summed E-state index contributed by atoms with van der Waals surface area (Å²) in [5.74, 6) is 1.98. The zero-order valence-electron chi connectivity index (χ0n) is 9.78. The van der Waals surface area contributed by atoms with Crippen molar-refractivity contribution in [2.24, 2.45) is 0 Å². The first-order valence-electron chi connectivity index (χ1n) is 5.48. The van der Waals surface area contributed by atoms with Crippen molar-refractivity contribution in [3.63, 3.8) is 0 Å². The maximum atomic E-state index is 5.83. The molecule has 1 aromatic carbocycles. The highest BCUT2D eigenvalue weighted by atomic mass is 16.5. The van der Waals surface area contributed by atoms with Gasteiger partial charge in [0.05, 0.1) is 7.11 Å². The van der Waals surface area contributed by atoms with E-state index in [1.165, 1.54) is 0 Å². The van der Waals surface area contributed by atoms with Gasteiger partial charge < -0.3 is 9.47 Å². The van der Waals surface area contributed by atoms with Gasteiger partial charge >= 0.3 is 0 Å². The summed E-state index contributed by atoms with van der Waals surface area (Å²) in [7, 11) is 1.61. The highest BCUT2D eigenvalue weighted by Gasteiger charge is 2.07. The van der Waals surface area contributed by atoms with Crippen molar-refractivity contribution in [1.82, 2.24) is 14.6 Å². The number of ether oxygens (including phenoxy) is 2. The van der Waals surface area contributed by atoms with Crippen LogP contribution in [0.25, 0.3) is 5.65 Å². The topological polar surface area (TPSA) is 48.7 Å². The first-order chi connectivity index (χ1) is 8.88. The molecular formula is C13H11N3O2. The number of hydrogen-bond acceptors (Lipinski definition) is 4. The maximum Gasteiger partial charge on any atom is 0.207 e. The molecule has 3 rings (SSSR count). The van der Waals surface area contributed by atoms with Gasteiger partial charge in [0.25, 0.3) is 0 Å². The molecule has 90 valence electrons. The van der Waals surface area contributed by atoms with E-state index in [2.05, 4.69) is 10.2 Å². The van der Waals surface area contributed by atoms with E-state index >= 15 is 0 Å². The minimum Gasteiger partial charge on any atom is -0.493 e. The Morgan fingerprint density at radius 1 is 1.00 bits per heavy atom. The van der Waals surface area contributed by atoms with Crippen molar-refractivity contribution < 1.29 is 9.47 Å². The van der Waals surface area contributed by atoms with Crippen molar-refractivity contribution in [3.8, 4) is 17.4 Å². The fraction of sp³-hybridized carbons (Fsp3) is 0.0769. The second-order valence-electron chi connectivity index (χ2n) is 3.68. The minimum atomic E-state index is 0.641. The minimum absolute atomic E-state index is 0.641. The predicted molar refractivity (Wildman–Crippen MR) is 66.1 cm³/mol. The smallest absolute Gasteiger partial charge is 0.207 e. The van der Waals surface area contributed by atoms with E-state index in [1.807, 2.05) is 42.5 Å². The average molecular weight is 241 g/mol. The molecule has 18 heavy (non-hydrogen) atoms. The van der Waals surface area contributed by atoms with Crippen LogP contribution in [0.3, 0.4) is 0 Å². The van der Waals surface area contributed by atoms with Gasteiger partial charge in [0.2, 0.25) is 5.88 Å². The van der Waals surface area contributed by atoms with Gasteiger partial charge in [-0.05, 0) is 24.3 Å². The van der Waals surface area contributed by atoms with E-state index in [1.54, 1.807) is 17.8 Å². The second kappa shape index (κ2) is 4.37. The number of para-hydroxylation sites is 2. The summed E-state index contributed by atoms with van der Waals surface area (Å²) in [6.45, 7) is 0. The van der Waals surface area contributed by atoms with Gasteiger partial charge in [-0.25, -0.2) is 0 Å². The highest BCUT2D eigenvalue weighted by molar-refractivity contribution is 5.45. The highest BCUT2D eigenvalue weighted by Crippen LogP contribution is 2.30. The third-order valence-electron chi connectivity index (χ3n) is 2.58. The van der Waals surface area contributed by atoms with Gasteiger partial charge in [0.1, 0.15) is 6.33 Å². The van der Waals surface area contributed by atoms with E-state index in [9.17, 15) is 0 Å². The van der Waals surface area contributed by atoms with E-state index in [0.717, 1.165) is 5.65 Å². The second-order valence-corrected chi connectivity index (χ2v) is 3.68. The molecule has 2 aromatic heterocycles. The molecule has 0 fully saturated rings. The van der Waals surface area contributed by atoms with Gasteiger partial charge in [0, 0.05) is 0 Å². The number of hydrogen-bond donors (Lipinski definition) is 0. The molecule has 0 aliphatic rings. The summed E-state index contributed by atoms with van der Waals surface area (Å²) in [6.07, 6.45) is 1.61. The van der Waals surface area contributed by atoms with E-state index in [0.29, 0.717) is 17.4 Å². The van der Waals surface area contributed by atoms with Crippen LogP contribution in [-0.2, 0) is 0 Å². The summed E-state index contributed by atoms with van der Waals surface area (Å²) in [5.41, 5.74) is 0.738. The number of nitrogens with zero attached hydrogens (tertiary/aromatic N) is 3. The Morgan fingerprint density at radius 2 is 1.83 bits per heavy atom. The van der Waals surface area contributed by atoms with E-state index in [-0.39, 0.29) is 0 Å². The van der Waals surface area contributed by atoms with Crippen LogP contribution in [0.15, 0.2) is 48.8 Å². The first-order valence-corrected chi connectivity index (χ1v) is 5.48. The molecule has 5 nitrogen and oxygen atoms in total. The van der Waals surface area contributed by atoms with Crippen molar-refractivity contribution in [2.75, 3.05) is 7.11 Å². The number of aromatic nitrogens is 3. The fourth-order valence-electron chi connectivity index (χ4n) is 1.72. The lowest BCUT2D eigenvalue weighted by atomic mass is 10.3. The van der Waals surface area contributed by atoms with Crippen molar-refractivity contribution in [3.05, 3.63) is 48.8 Å². The van der Waals surface area contributed by atoms with Crippen LogP contribution < -0.4 is 9.47 Å². The summed E-state index contributed by atoms with van der Waals surface area (Å²) in [6, 6.07) is 13.1. The molecule has 0 saturated carbocycles. The molecule has 0 unspecified atom stereocenters. The molecule has 5 heteroatoms. The number of methoxy groups -OCH3 is 1. The van der Waals surface area contributed by atoms with Crippen LogP contribution in [0.5, 0.6) is 17.4 Å². The van der Waals surface area contributed by atoms with Crippen LogP contribution in [-0.4, -0.2) is 21.7 Å². The molecule has 0 spiro atoms. The SMILES string of the molecule is COc1ccccc1Oc1cccc2nncn12. The molecular weight excluding hydrogens is 230 g/mol. The van der Waals surface area contributed by atoms with E-state index in [4.69, 9.17) is 9.47 Å². The molecule has 0 radical (unpaired) electrons. The van der Waals surface area contributed by atoms with Crippen molar-refractivity contribution >= 4 is 5.65 Å². The lowest BCUT2D eigenvalue weighted by molar-refractivity contribution is 0.372. The Labute approximate surface area is 104 Å². The van der Waals surface area contributed by atoms with Crippen molar-refractivity contribution in [2.45, 2.75) is 0 Å². The lowest BCUT2D eigenvalue weighted by Crippen LogP contribution is -1.94. The Hall–Kier alpha value is -2.56. The molecule has 0 saturated heterocycles. The normalized spacial score (nSPS) is 10.5. The van der Waals surface area contributed by atoms with Crippen LogP contribution in [0.4, 0.5) is 0 Å². The first kappa shape index (κ1) is 10.6. The Balaban J connectivity index is 2.04. The molecule has 0 amide bonds. The molecule has 3 aromatic rings. The zero-order valence-corrected chi connectivity index (χ0v) is 9.78. The van der Waals surface area contributed by atoms with Crippen molar-refractivity contribution in [1.29, 1.82) is 0 Å².